The van der Waals surface area contributed by atoms with Gasteiger partial charge in [0, 0.05) is 29.6 Å². The van der Waals surface area contributed by atoms with E-state index in [1.807, 2.05) is 34.9 Å². The van der Waals surface area contributed by atoms with Crippen LogP contribution in [0.2, 0.25) is 0 Å². The van der Waals surface area contributed by atoms with Crippen molar-refractivity contribution >= 4 is 11.0 Å². The molecule has 1 N–H and O–H groups in total. The summed E-state index contributed by atoms with van der Waals surface area (Å²) < 4.78 is 7.25. The van der Waals surface area contributed by atoms with Gasteiger partial charge in [-0.3, -0.25) is 9.55 Å². The van der Waals surface area contributed by atoms with Crippen LogP contribution in [-0.2, 0) is 0 Å². The van der Waals surface area contributed by atoms with E-state index < -0.39 is 0 Å². The molecule has 0 atom stereocenters. The fourth-order valence-electron chi connectivity index (χ4n) is 3.75. The van der Waals surface area contributed by atoms with Gasteiger partial charge < -0.3 is 9.51 Å². The molecular weight excluding hydrogens is 330 g/mol. The van der Waals surface area contributed by atoms with Crippen molar-refractivity contribution in [2.24, 2.45) is 0 Å². The summed E-state index contributed by atoms with van der Waals surface area (Å²) in [5, 5.41) is 4.07. The molecule has 7 heteroatoms. The van der Waals surface area contributed by atoms with Crippen LogP contribution in [0.4, 0.5) is 0 Å². The first-order valence-electron chi connectivity index (χ1n) is 8.78. The number of rotatable bonds is 3. The minimum absolute atomic E-state index is 0.0466. The zero-order chi connectivity index (χ0) is 17.5. The molecule has 3 aromatic heterocycles. The highest BCUT2D eigenvalue weighted by Crippen LogP contribution is 2.31. The second kappa shape index (κ2) is 5.94. The van der Waals surface area contributed by atoms with Gasteiger partial charge in [-0.2, -0.15) is 4.98 Å². The molecule has 1 aromatic carbocycles. The molecule has 1 fully saturated rings. The molecule has 26 heavy (non-hydrogen) atoms. The van der Waals surface area contributed by atoms with E-state index in [2.05, 4.69) is 20.1 Å². The summed E-state index contributed by atoms with van der Waals surface area (Å²) in [5.41, 5.74) is 3.31. The Kier molecular flexibility index (Phi) is 3.44. The fourth-order valence-corrected chi connectivity index (χ4v) is 3.75. The standard InChI is InChI=1S/C19H17N5O2/c25-19-21-15-11-13(5-6-16(15)24(19)14-3-1-2-4-14)17-22-18(26-23-17)12-7-9-20-10-8-12/h5-11,14H,1-4H2,(H,21,25). The highest BCUT2D eigenvalue weighted by molar-refractivity contribution is 5.81. The first kappa shape index (κ1) is 15.1. The van der Waals surface area contributed by atoms with Crippen LogP contribution in [0, 0.1) is 0 Å². The van der Waals surface area contributed by atoms with E-state index in [1.54, 1.807) is 12.4 Å². The van der Waals surface area contributed by atoms with Crippen molar-refractivity contribution in [1.29, 1.82) is 0 Å². The predicted octanol–water partition coefficient (Wildman–Crippen LogP) is 3.56. The maximum atomic E-state index is 12.4. The molecular formula is C19H17N5O2. The van der Waals surface area contributed by atoms with E-state index in [0.29, 0.717) is 17.8 Å². The van der Waals surface area contributed by atoms with Gasteiger partial charge in [-0.15, -0.1) is 0 Å². The van der Waals surface area contributed by atoms with E-state index in [-0.39, 0.29) is 5.69 Å². The summed E-state index contributed by atoms with van der Waals surface area (Å²) in [7, 11) is 0. The molecule has 0 bridgehead atoms. The molecule has 1 saturated carbocycles. The van der Waals surface area contributed by atoms with Gasteiger partial charge in [-0.05, 0) is 43.2 Å². The van der Waals surface area contributed by atoms with E-state index in [0.717, 1.165) is 35.0 Å². The normalized spacial score (nSPS) is 15.1. The van der Waals surface area contributed by atoms with Crippen LogP contribution in [0.25, 0.3) is 33.9 Å². The maximum absolute atomic E-state index is 12.4. The van der Waals surface area contributed by atoms with Gasteiger partial charge in [0.2, 0.25) is 5.82 Å². The second-order valence-corrected chi connectivity index (χ2v) is 6.63. The Morgan fingerprint density at radius 1 is 1.08 bits per heavy atom. The monoisotopic (exact) mass is 347 g/mol. The lowest BCUT2D eigenvalue weighted by Crippen LogP contribution is -2.20. The van der Waals surface area contributed by atoms with E-state index >= 15 is 0 Å². The Morgan fingerprint density at radius 3 is 2.69 bits per heavy atom. The Balaban J connectivity index is 1.55. The zero-order valence-corrected chi connectivity index (χ0v) is 14.1. The number of imidazole rings is 1. The van der Waals surface area contributed by atoms with Crippen molar-refractivity contribution in [2.75, 3.05) is 0 Å². The number of fused-ring (bicyclic) bond motifs is 1. The molecule has 0 unspecified atom stereocenters. The van der Waals surface area contributed by atoms with Crippen molar-refractivity contribution in [3.05, 3.63) is 53.2 Å². The number of hydrogen-bond donors (Lipinski definition) is 1. The largest absolute Gasteiger partial charge is 0.334 e. The summed E-state index contributed by atoms with van der Waals surface area (Å²) in [5.74, 6) is 0.938. The third-order valence-corrected chi connectivity index (χ3v) is 5.02. The fraction of sp³-hybridized carbons (Fsp3) is 0.263. The molecule has 130 valence electrons. The molecule has 0 aliphatic heterocycles. The number of nitrogens with one attached hydrogen (secondary N) is 1. The average Bonchev–Trinajstić information content (AvgIpc) is 3.41. The summed E-state index contributed by atoms with van der Waals surface area (Å²) in [6.45, 7) is 0. The van der Waals surface area contributed by atoms with Crippen molar-refractivity contribution in [3.63, 3.8) is 0 Å². The van der Waals surface area contributed by atoms with Crippen molar-refractivity contribution < 1.29 is 4.52 Å². The number of nitrogens with zero attached hydrogens (tertiary/aromatic N) is 4. The lowest BCUT2D eigenvalue weighted by Gasteiger charge is -2.11. The van der Waals surface area contributed by atoms with Crippen molar-refractivity contribution in [2.45, 2.75) is 31.7 Å². The van der Waals surface area contributed by atoms with E-state index in [4.69, 9.17) is 4.52 Å². The molecule has 0 radical (unpaired) electrons. The predicted molar refractivity (Wildman–Crippen MR) is 96.6 cm³/mol. The van der Waals surface area contributed by atoms with Crippen LogP contribution in [0.5, 0.6) is 0 Å². The summed E-state index contributed by atoms with van der Waals surface area (Å²) >= 11 is 0. The number of aromatic nitrogens is 5. The topological polar surface area (TPSA) is 89.6 Å². The van der Waals surface area contributed by atoms with Crippen LogP contribution in [0.15, 0.2) is 52.0 Å². The van der Waals surface area contributed by atoms with Crippen LogP contribution in [-0.4, -0.2) is 24.7 Å². The van der Waals surface area contributed by atoms with Gasteiger partial charge in [0.05, 0.1) is 11.0 Å². The molecule has 0 spiro atoms. The van der Waals surface area contributed by atoms with Gasteiger partial charge in [-0.25, -0.2) is 4.79 Å². The quantitative estimate of drug-likeness (QED) is 0.612. The van der Waals surface area contributed by atoms with Gasteiger partial charge >= 0.3 is 5.69 Å². The minimum Gasteiger partial charge on any atom is -0.334 e. The minimum atomic E-state index is -0.0466. The summed E-state index contributed by atoms with van der Waals surface area (Å²) in [4.78, 5) is 23.8. The second-order valence-electron chi connectivity index (χ2n) is 6.63. The van der Waals surface area contributed by atoms with Crippen LogP contribution in [0.1, 0.15) is 31.7 Å². The molecule has 7 nitrogen and oxygen atoms in total. The Hall–Kier alpha value is -3.22. The van der Waals surface area contributed by atoms with Crippen LogP contribution >= 0.6 is 0 Å². The van der Waals surface area contributed by atoms with Gasteiger partial charge in [0.1, 0.15) is 0 Å². The third-order valence-electron chi connectivity index (χ3n) is 5.02. The SMILES string of the molecule is O=c1[nH]c2cc(-c3noc(-c4ccncc4)n3)ccc2n1C1CCCC1. The maximum Gasteiger partial charge on any atom is 0.326 e. The van der Waals surface area contributed by atoms with Crippen LogP contribution < -0.4 is 5.69 Å². The highest BCUT2D eigenvalue weighted by atomic mass is 16.5. The molecule has 1 aliphatic carbocycles. The van der Waals surface area contributed by atoms with Gasteiger partial charge in [0.15, 0.2) is 0 Å². The van der Waals surface area contributed by atoms with Gasteiger partial charge in [-0.1, -0.05) is 18.0 Å². The third kappa shape index (κ3) is 2.44. The number of aromatic amines is 1. The molecule has 4 aromatic rings. The Morgan fingerprint density at radius 2 is 1.88 bits per heavy atom. The van der Waals surface area contributed by atoms with E-state index in [9.17, 15) is 4.79 Å². The first-order valence-corrected chi connectivity index (χ1v) is 8.78. The smallest absolute Gasteiger partial charge is 0.326 e. The number of pyridine rings is 1. The summed E-state index contributed by atoms with van der Waals surface area (Å²) in [6, 6.07) is 9.74. The molecule has 1 aliphatic rings. The van der Waals surface area contributed by atoms with Crippen molar-refractivity contribution in [1.82, 2.24) is 24.7 Å². The van der Waals surface area contributed by atoms with E-state index in [1.165, 1.54) is 12.8 Å². The van der Waals surface area contributed by atoms with Crippen molar-refractivity contribution in [3.8, 4) is 22.8 Å². The molecule has 3 heterocycles. The number of benzene rings is 1. The Bertz CT molecular complexity index is 1120. The highest BCUT2D eigenvalue weighted by Gasteiger charge is 2.21. The zero-order valence-electron chi connectivity index (χ0n) is 14.1. The molecule has 0 amide bonds. The van der Waals surface area contributed by atoms with Gasteiger partial charge in [0.25, 0.3) is 5.89 Å². The Labute approximate surface area is 148 Å². The van der Waals surface area contributed by atoms with Crippen LogP contribution in [0.3, 0.4) is 0 Å². The number of H-pyrrole nitrogens is 1. The average molecular weight is 347 g/mol. The molecule has 0 saturated heterocycles. The number of hydrogen-bond acceptors (Lipinski definition) is 5. The lowest BCUT2D eigenvalue weighted by molar-refractivity contribution is 0.432. The molecule has 5 rings (SSSR count). The summed E-state index contributed by atoms with van der Waals surface area (Å²) in [6.07, 6.45) is 7.86. The lowest BCUT2D eigenvalue weighted by atomic mass is 10.1. The first-order chi connectivity index (χ1) is 12.8.